The first-order chi connectivity index (χ1) is 40.5. The van der Waals surface area contributed by atoms with Gasteiger partial charge in [0.2, 0.25) is 0 Å². The molecule has 10 nitrogen and oxygen atoms in total. The molecule has 1 fully saturated rings. The molecule has 1 aromatic carbocycles. The van der Waals surface area contributed by atoms with Gasteiger partial charge in [-0.25, -0.2) is 0 Å². The fraction of sp³-hybridized carbons (Fsp3) is 0.833. The molecule has 0 amide bonds. The normalized spacial score (nSPS) is 15.0. The molecule has 1 aromatic rings. The van der Waals surface area contributed by atoms with E-state index in [1.54, 1.807) is 0 Å². The molecule has 10 heteroatoms. The van der Waals surface area contributed by atoms with E-state index in [-0.39, 0.29) is 24.5 Å². The Morgan fingerprint density at radius 2 is 0.841 bits per heavy atom. The summed E-state index contributed by atoms with van der Waals surface area (Å²) in [6.45, 7) is 16.1. The molecule has 82 heavy (non-hydrogen) atoms. The number of hydrogen-bond acceptors (Lipinski definition) is 10. The van der Waals surface area contributed by atoms with Crippen molar-refractivity contribution in [1.82, 2.24) is 4.90 Å². The molecule has 476 valence electrons. The highest BCUT2D eigenvalue weighted by Crippen LogP contribution is 2.26. The SMILES string of the molecule is CCCCCCCCCOC(CCC(=O)OCCCCCC=CC1CCN(CCOCc2ccccc2)C(C=CCCCCCOC(=O)CCC(OCCCCCCCCC)OCCCCCCCCC)C1)OCCCCCCCCC. The summed E-state index contributed by atoms with van der Waals surface area (Å²) >= 11 is 0. The lowest BCUT2D eigenvalue weighted by Gasteiger charge is -2.37. The highest BCUT2D eigenvalue weighted by atomic mass is 16.7. The van der Waals surface area contributed by atoms with Crippen molar-refractivity contribution in [3.8, 4) is 0 Å². The summed E-state index contributed by atoms with van der Waals surface area (Å²) in [5, 5.41) is 0. The van der Waals surface area contributed by atoms with E-state index in [0.717, 1.165) is 110 Å². The second-order valence-electron chi connectivity index (χ2n) is 23.8. The molecular formula is C72H129NO9. The molecule has 0 spiro atoms. The van der Waals surface area contributed by atoms with Gasteiger partial charge in [0, 0.05) is 51.9 Å². The van der Waals surface area contributed by atoms with Gasteiger partial charge >= 0.3 is 11.9 Å². The van der Waals surface area contributed by atoms with E-state index in [4.69, 9.17) is 33.2 Å². The van der Waals surface area contributed by atoms with Gasteiger partial charge in [-0.1, -0.05) is 236 Å². The molecule has 1 saturated heterocycles. The summed E-state index contributed by atoms with van der Waals surface area (Å²) in [5.41, 5.74) is 1.21. The number of ether oxygens (including phenoxy) is 7. The lowest BCUT2D eigenvalue weighted by Crippen LogP contribution is -2.42. The summed E-state index contributed by atoms with van der Waals surface area (Å²) in [7, 11) is 0. The molecule has 0 bridgehead atoms. The first kappa shape index (κ1) is 75.5. The number of esters is 2. The largest absolute Gasteiger partial charge is 0.466 e. The molecular weight excluding hydrogens is 1020 g/mol. The van der Waals surface area contributed by atoms with E-state index >= 15 is 0 Å². The smallest absolute Gasteiger partial charge is 0.305 e. The topological polar surface area (TPSA) is 102 Å². The third-order valence-corrected chi connectivity index (χ3v) is 16.1. The number of benzene rings is 1. The van der Waals surface area contributed by atoms with Crippen LogP contribution in [0.1, 0.15) is 303 Å². The number of carbonyl (C=O) groups is 2. The van der Waals surface area contributed by atoms with E-state index in [0.29, 0.717) is 83.9 Å². The maximum absolute atomic E-state index is 12.8. The van der Waals surface area contributed by atoms with Crippen molar-refractivity contribution < 1.29 is 42.7 Å². The molecule has 0 saturated carbocycles. The predicted molar refractivity (Wildman–Crippen MR) is 343 cm³/mol. The summed E-state index contributed by atoms with van der Waals surface area (Å²) in [5.74, 6) is 0.262. The van der Waals surface area contributed by atoms with Crippen LogP contribution in [0.3, 0.4) is 0 Å². The van der Waals surface area contributed by atoms with E-state index in [2.05, 4.69) is 81.2 Å². The Balaban J connectivity index is 1.73. The van der Waals surface area contributed by atoms with Gasteiger partial charge in [-0.2, -0.15) is 0 Å². The minimum absolute atomic E-state index is 0.144. The van der Waals surface area contributed by atoms with Crippen LogP contribution in [0.25, 0.3) is 0 Å². The molecule has 1 heterocycles. The van der Waals surface area contributed by atoms with Gasteiger partial charge in [0.15, 0.2) is 12.6 Å². The number of hydrogen-bond donors (Lipinski definition) is 0. The molecule has 2 atom stereocenters. The molecule has 2 unspecified atom stereocenters. The molecule has 0 radical (unpaired) electrons. The average Bonchev–Trinajstić information content (AvgIpc) is 3.49. The average molecular weight is 1150 g/mol. The monoisotopic (exact) mass is 1150 g/mol. The third-order valence-electron chi connectivity index (χ3n) is 16.1. The maximum Gasteiger partial charge on any atom is 0.305 e. The summed E-state index contributed by atoms with van der Waals surface area (Å²) < 4.78 is 42.2. The quantitative estimate of drug-likeness (QED) is 0.0271. The van der Waals surface area contributed by atoms with Crippen LogP contribution in [0, 0.1) is 5.92 Å². The second kappa shape index (κ2) is 58.8. The van der Waals surface area contributed by atoms with E-state index in [9.17, 15) is 9.59 Å². The van der Waals surface area contributed by atoms with Crippen molar-refractivity contribution in [3.63, 3.8) is 0 Å². The third kappa shape index (κ3) is 47.6. The summed E-state index contributed by atoms with van der Waals surface area (Å²) in [4.78, 5) is 28.2. The van der Waals surface area contributed by atoms with Crippen molar-refractivity contribution in [2.45, 2.75) is 323 Å². The van der Waals surface area contributed by atoms with E-state index < -0.39 is 0 Å². The van der Waals surface area contributed by atoms with Gasteiger partial charge < -0.3 is 33.2 Å². The van der Waals surface area contributed by atoms with Crippen LogP contribution in [0.2, 0.25) is 0 Å². The molecule has 0 aliphatic carbocycles. The molecule has 0 aromatic heterocycles. The Kier molecular flexibility index (Phi) is 54.1. The van der Waals surface area contributed by atoms with Crippen molar-refractivity contribution in [1.29, 1.82) is 0 Å². The zero-order valence-corrected chi connectivity index (χ0v) is 53.9. The van der Waals surface area contributed by atoms with Crippen molar-refractivity contribution in [3.05, 3.63) is 60.2 Å². The Morgan fingerprint density at radius 3 is 1.27 bits per heavy atom. The van der Waals surface area contributed by atoms with E-state index in [1.165, 1.54) is 160 Å². The highest BCUT2D eigenvalue weighted by molar-refractivity contribution is 5.69. The minimum atomic E-state index is -0.334. The van der Waals surface area contributed by atoms with Crippen LogP contribution >= 0.6 is 0 Å². The Morgan fingerprint density at radius 1 is 0.463 bits per heavy atom. The van der Waals surface area contributed by atoms with Crippen LogP contribution in [-0.2, 0) is 49.4 Å². The molecule has 2 rings (SSSR count). The number of nitrogens with zero attached hydrogens (tertiary/aromatic N) is 1. The second-order valence-corrected chi connectivity index (χ2v) is 23.8. The van der Waals surface area contributed by atoms with Gasteiger partial charge in [-0.05, 0) is 108 Å². The Bertz CT molecular complexity index is 1530. The highest BCUT2D eigenvalue weighted by Gasteiger charge is 2.25. The van der Waals surface area contributed by atoms with E-state index in [1.807, 2.05) is 6.07 Å². The maximum atomic E-state index is 12.8. The van der Waals surface area contributed by atoms with Crippen LogP contribution in [0.5, 0.6) is 0 Å². The summed E-state index contributed by atoms with van der Waals surface area (Å²) in [6.07, 6.45) is 56.1. The van der Waals surface area contributed by atoms with Crippen LogP contribution in [-0.4, -0.2) is 94.8 Å². The number of likely N-dealkylation sites (tertiary alicyclic amines) is 1. The number of allylic oxidation sites excluding steroid dienone is 3. The zero-order chi connectivity index (χ0) is 58.7. The standard InChI is InChI=1S/C72H129NO9/c1-5-9-13-17-21-29-42-59-79-71(80-60-43-30-22-18-14-10-6-2)52-50-69(74)77-57-40-33-25-27-36-46-66-54-55-73(56-63-76-65-67-47-37-35-38-48-67)68(64-66)49-39-28-26-34-41-58-78-70(75)51-53-72(81-61-44-31-23-19-15-11-7-3)82-62-45-32-24-20-16-12-8-4/h35-39,46-49,66,68,71-72H,5-34,40-45,50-65H2,1-4H3. The Labute approximate surface area is 505 Å². The van der Waals surface area contributed by atoms with Crippen LogP contribution in [0.15, 0.2) is 54.6 Å². The van der Waals surface area contributed by atoms with Gasteiger partial charge in [-0.3, -0.25) is 14.5 Å². The van der Waals surface area contributed by atoms with Gasteiger partial charge in [0.1, 0.15) is 0 Å². The van der Waals surface area contributed by atoms with Crippen LogP contribution < -0.4 is 0 Å². The lowest BCUT2D eigenvalue weighted by atomic mass is 9.89. The number of piperidine rings is 1. The first-order valence-corrected chi connectivity index (χ1v) is 35.0. The van der Waals surface area contributed by atoms with Crippen molar-refractivity contribution in [2.75, 3.05) is 59.3 Å². The zero-order valence-electron chi connectivity index (χ0n) is 53.9. The fourth-order valence-corrected chi connectivity index (χ4v) is 10.8. The number of unbranched alkanes of at least 4 members (excludes halogenated alkanes) is 30. The molecule has 1 aliphatic heterocycles. The van der Waals surface area contributed by atoms with Gasteiger partial charge in [0.25, 0.3) is 0 Å². The summed E-state index contributed by atoms with van der Waals surface area (Å²) in [6, 6.07) is 10.8. The number of rotatable bonds is 61. The molecule has 1 aliphatic rings. The Hall–Kier alpha value is -2.60. The number of carbonyl (C=O) groups excluding carboxylic acids is 2. The van der Waals surface area contributed by atoms with Crippen molar-refractivity contribution in [2.24, 2.45) is 5.92 Å². The lowest BCUT2D eigenvalue weighted by molar-refractivity contribution is -0.159. The van der Waals surface area contributed by atoms with Gasteiger partial charge in [-0.15, -0.1) is 0 Å². The van der Waals surface area contributed by atoms with Crippen LogP contribution in [0.4, 0.5) is 0 Å². The van der Waals surface area contributed by atoms with Crippen molar-refractivity contribution >= 4 is 11.9 Å². The first-order valence-electron chi connectivity index (χ1n) is 35.0. The fourth-order valence-electron chi connectivity index (χ4n) is 10.8. The van der Waals surface area contributed by atoms with Gasteiger partial charge in [0.05, 0.1) is 39.3 Å². The predicted octanol–water partition coefficient (Wildman–Crippen LogP) is 19.9. The molecule has 0 N–H and O–H groups in total. The minimum Gasteiger partial charge on any atom is -0.466 e.